The van der Waals surface area contributed by atoms with E-state index < -0.39 is 22.0 Å². The van der Waals surface area contributed by atoms with E-state index in [0.29, 0.717) is 5.56 Å². The van der Waals surface area contributed by atoms with Crippen LogP contribution < -0.4 is 4.72 Å². The van der Waals surface area contributed by atoms with Crippen LogP contribution in [-0.2, 0) is 14.8 Å². The molecule has 0 radical (unpaired) electrons. The molecule has 0 aliphatic rings. The normalized spacial score (nSPS) is 12.9. The van der Waals surface area contributed by atoms with Crippen molar-refractivity contribution in [3.8, 4) is 6.07 Å². The van der Waals surface area contributed by atoms with E-state index in [1.807, 2.05) is 6.07 Å². The molecule has 0 spiro atoms. The number of benzene rings is 1. The van der Waals surface area contributed by atoms with Crippen molar-refractivity contribution >= 4 is 16.0 Å². The van der Waals surface area contributed by atoms with Crippen molar-refractivity contribution < 1.29 is 18.3 Å². The van der Waals surface area contributed by atoms with Gasteiger partial charge in [0.25, 0.3) is 0 Å². The number of sulfonamides is 1. The highest BCUT2D eigenvalue weighted by Gasteiger charge is 2.25. The van der Waals surface area contributed by atoms with Gasteiger partial charge in [-0.05, 0) is 30.5 Å². The molecule has 21 heavy (non-hydrogen) atoms. The molecule has 0 aliphatic heterocycles. The van der Waals surface area contributed by atoms with Gasteiger partial charge in [0, 0.05) is 6.04 Å². The lowest BCUT2D eigenvalue weighted by Crippen LogP contribution is -2.40. The van der Waals surface area contributed by atoms with Crippen molar-refractivity contribution in [1.29, 1.82) is 5.26 Å². The fourth-order valence-corrected chi connectivity index (χ4v) is 3.48. The van der Waals surface area contributed by atoms with Gasteiger partial charge in [-0.25, -0.2) is 13.1 Å². The van der Waals surface area contributed by atoms with Crippen LogP contribution in [0, 0.1) is 24.2 Å². The van der Waals surface area contributed by atoms with E-state index in [-0.39, 0.29) is 22.8 Å². The lowest BCUT2D eigenvalue weighted by molar-refractivity contribution is -0.137. The second kappa shape index (κ2) is 6.70. The van der Waals surface area contributed by atoms with Crippen LogP contribution in [-0.4, -0.2) is 25.5 Å². The molecule has 6 nitrogen and oxygen atoms in total. The molecule has 2 N–H and O–H groups in total. The summed E-state index contributed by atoms with van der Waals surface area (Å²) in [5.74, 6) is -1.24. The van der Waals surface area contributed by atoms with Gasteiger partial charge in [0.15, 0.2) is 0 Å². The van der Waals surface area contributed by atoms with Gasteiger partial charge in [0.1, 0.15) is 0 Å². The van der Waals surface area contributed by atoms with Gasteiger partial charge in [0.2, 0.25) is 10.0 Å². The third-order valence-corrected chi connectivity index (χ3v) is 4.74. The standard InChI is InChI=1S/C14H18N2O4S/c1-9(2)12(7-14(17)18)16-21(19,20)13-6-11(8-15)5-4-10(13)3/h4-6,9,12,16H,7H2,1-3H3,(H,17,18). The largest absolute Gasteiger partial charge is 0.481 e. The van der Waals surface area contributed by atoms with E-state index >= 15 is 0 Å². The van der Waals surface area contributed by atoms with Gasteiger partial charge in [-0.15, -0.1) is 0 Å². The van der Waals surface area contributed by atoms with Gasteiger partial charge < -0.3 is 5.11 Å². The monoisotopic (exact) mass is 310 g/mol. The minimum absolute atomic E-state index is 0.00223. The minimum Gasteiger partial charge on any atom is -0.481 e. The van der Waals surface area contributed by atoms with Gasteiger partial charge in [0.05, 0.1) is 22.9 Å². The summed E-state index contributed by atoms with van der Waals surface area (Å²) >= 11 is 0. The molecule has 114 valence electrons. The smallest absolute Gasteiger partial charge is 0.304 e. The van der Waals surface area contributed by atoms with Gasteiger partial charge in [-0.2, -0.15) is 5.26 Å². The van der Waals surface area contributed by atoms with E-state index in [4.69, 9.17) is 10.4 Å². The molecule has 7 heteroatoms. The Balaban J connectivity index is 3.16. The number of hydrogen-bond donors (Lipinski definition) is 2. The molecule has 1 aromatic rings. The summed E-state index contributed by atoms with van der Waals surface area (Å²) in [5, 5.41) is 17.7. The molecule has 0 saturated heterocycles. The van der Waals surface area contributed by atoms with Gasteiger partial charge in [-0.1, -0.05) is 19.9 Å². The summed E-state index contributed by atoms with van der Waals surface area (Å²) in [6.45, 7) is 5.11. The van der Waals surface area contributed by atoms with Crippen molar-refractivity contribution in [2.24, 2.45) is 5.92 Å². The summed E-state index contributed by atoms with van der Waals surface area (Å²) in [5.41, 5.74) is 0.736. The summed E-state index contributed by atoms with van der Waals surface area (Å²) in [6.07, 6.45) is -0.298. The van der Waals surface area contributed by atoms with Crippen LogP contribution in [0.3, 0.4) is 0 Å². The Morgan fingerprint density at radius 3 is 2.52 bits per heavy atom. The second-order valence-electron chi connectivity index (χ2n) is 5.16. The number of carbonyl (C=O) groups is 1. The number of aryl methyl sites for hydroxylation is 1. The Hall–Kier alpha value is -1.91. The molecule has 0 heterocycles. The maximum absolute atomic E-state index is 12.4. The van der Waals surface area contributed by atoms with Gasteiger partial charge in [-0.3, -0.25) is 4.79 Å². The topological polar surface area (TPSA) is 107 Å². The van der Waals surface area contributed by atoms with Crippen molar-refractivity contribution in [3.63, 3.8) is 0 Å². The Kier molecular flexibility index (Phi) is 5.47. The second-order valence-corrected chi connectivity index (χ2v) is 6.84. The number of aliphatic carboxylic acids is 1. The Morgan fingerprint density at radius 2 is 2.05 bits per heavy atom. The Bertz CT molecular complexity index is 675. The van der Waals surface area contributed by atoms with Crippen LogP contribution in [0.15, 0.2) is 23.1 Å². The minimum atomic E-state index is -3.88. The molecule has 1 aromatic carbocycles. The van der Waals surface area contributed by atoms with E-state index in [9.17, 15) is 13.2 Å². The number of nitriles is 1. The number of carboxylic acids is 1. The first-order valence-corrected chi connectivity index (χ1v) is 7.90. The highest BCUT2D eigenvalue weighted by Crippen LogP contribution is 2.19. The van der Waals surface area contributed by atoms with Crippen molar-refractivity contribution in [1.82, 2.24) is 4.72 Å². The average molecular weight is 310 g/mol. The molecule has 0 aromatic heterocycles. The number of hydrogen-bond acceptors (Lipinski definition) is 4. The van der Waals surface area contributed by atoms with Crippen LogP contribution in [0.25, 0.3) is 0 Å². The van der Waals surface area contributed by atoms with Crippen LogP contribution >= 0.6 is 0 Å². The van der Waals surface area contributed by atoms with Crippen LogP contribution in [0.4, 0.5) is 0 Å². The predicted octanol–water partition coefficient (Wildman–Crippen LogP) is 1.64. The first kappa shape index (κ1) is 17.1. The molecule has 0 saturated carbocycles. The maximum atomic E-state index is 12.4. The first-order valence-electron chi connectivity index (χ1n) is 6.42. The highest BCUT2D eigenvalue weighted by molar-refractivity contribution is 7.89. The summed E-state index contributed by atoms with van der Waals surface area (Å²) < 4.78 is 27.2. The van der Waals surface area contributed by atoms with Crippen LogP contribution in [0.5, 0.6) is 0 Å². The number of carboxylic acid groups (broad SMARTS) is 1. The zero-order valence-electron chi connectivity index (χ0n) is 12.1. The summed E-state index contributed by atoms with van der Waals surface area (Å²) in [6, 6.07) is 5.55. The third kappa shape index (κ3) is 4.55. The van der Waals surface area contributed by atoms with E-state index in [0.717, 1.165) is 0 Å². The molecular weight excluding hydrogens is 292 g/mol. The number of nitrogens with one attached hydrogen (secondary N) is 1. The predicted molar refractivity (Wildman–Crippen MR) is 77.1 cm³/mol. The maximum Gasteiger partial charge on any atom is 0.304 e. The molecule has 0 fully saturated rings. The van der Waals surface area contributed by atoms with Crippen LogP contribution in [0.1, 0.15) is 31.4 Å². The van der Waals surface area contributed by atoms with Crippen LogP contribution in [0.2, 0.25) is 0 Å². The number of rotatable bonds is 6. The fraction of sp³-hybridized carbons (Fsp3) is 0.429. The lowest BCUT2D eigenvalue weighted by Gasteiger charge is -2.21. The van der Waals surface area contributed by atoms with Gasteiger partial charge >= 0.3 is 5.97 Å². The highest BCUT2D eigenvalue weighted by atomic mass is 32.2. The zero-order valence-corrected chi connectivity index (χ0v) is 12.9. The van der Waals surface area contributed by atoms with Crippen molar-refractivity contribution in [2.75, 3.05) is 0 Å². The lowest BCUT2D eigenvalue weighted by atomic mass is 10.0. The molecule has 0 amide bonds. The first-order chi connectivity index (χ1) is 9.67. The van der Waals surface area contributed by atoms with Crippen molar-refractivity contribution in [2.45, 2.75) is 38.1 Å². The quantitative estimate of drug-likeness (QED) is 0.830. The SMILES string of the molecule is Cc1ccc(C#N)cc1S(=O)(=O)NC(CC(=O)O)C(C)C. The van der Waals surface area contributed by atoms with Crippen molar-refractivity contribution in [3.05, 3.63) is 29.3 Å². The Labute approximate surface area is 124 Å². The fourth-order valence-electron chi connectivity index (χ4n) is 1.82. The van der Waals surface area contributed by atoms with E-state index in [2.05, 4.69) is 4.72 Å². The molecule has 1 rings (SSSR count). The Morgan fingerprint density at radius 1 is 1.43 bits per heavy atom. The zero-order chi connectivity index (χ0) is 16.2. The third-order valence-electron chi connectivity index (χ3n) is 3.11. The van der Waals surface area contributed by atoms with E-state index in [1.54, 1.807) is 26.8 Å². The number of nitrogens with zero attached hydrogens (tertiary/aromatic N) is 1. The molecule has 1 unspecified atom stereocenters. The molecule has 1 atom stereocenters. The van der Waals surface area contributed by atoms with E-state index in [1.165, 1.54) is 12.1 Å². The average Bonchev–Trinajstić information content (AvgIpc) is 2.37. The molecular formula is C14H18N2O4S. The summed E-state index contributed by atoms with van der Waals surface area (Å²) in [7, 11) is -3.88. The molecule has 0 bridgehead atoms. The summed E-state index contributed by atoms with van der Waals surface area (Å²) in [4.78, 5) is 10.8. The molecule has 0 aliphatic carbocycles.